The molecule has 0 fully saturated rings. The van der Waals surface area contributed by atoms with Crippen LogP contribution in [0.5, 0.6) is 5.75 Å². The zero-order valence-corrected chi connectivity index (χ0v) is 8.68. The number of pyridine rings is 1. The first-order chi connectivity index (χ1) is 6.06. The minimum absolute atomic E-state index is 0.0501. The molecule has 0 saturated carbocycles. The Morgan fingerprint density at radius 3 is 2.62 bits per heavy atom. The maximum Gasteiger partial charge on any atom is 0.266 e. The first-order valence-electron chi connectivity index (χ1n) is 3.24. The van der Waals surface area contributed by atoms with E-state index in [0.29, 0.717) is 0 Å². The highest BCUT2D eigenvalue weighted by Gasteiger charge is 2.17. The topological polar surface area (TPSA) is 22.1 Å². The van der Waals surface area contributed by atoms with Crippen molar-refractivity contribution in [3.8, 4) is 5.75 Å². The Morgan fingerprint density at radius 1 is 1.54 bits per heavy atom. The Balaban J connectivity index is 3.22. The van der Waals surface area contributed by atoms with Crippen LogP contribution >= 0.6 is 22.6 Å². The molecule has 0 radical (unpaired) electrons. The molecule has 0 atom stereocenters. The number of hydrogen-bond donors (Lipinski definition) is 0. The summed E-state index contributed by atoms with van der Waals surface area (Å²) in [7, 11) is 1.20. The lowest BCUT2D eigenvalue weighted by molar-refractivity contribution is 0.149. The van der Waals surface area contributed by atoms with Crippen LogP contribution in [-0.4, -0.2) is 12.1 Å². The number of ether oxygens (including phenoxy) is 1. The molecular formula is C7H5F3INO. The van der Waals surface area contributed by atoms with Crippen molar-refractivity contribution in [3.63, 3.8) is 0 Å². The van der Waals surface area contributed by atoms with Crippen molar-refractivity contribution < 1.29 is 17.9 Å². The second-order valence-corrected chi connectivity index (χ2v) is 3.18. The molecule has 0 saturated heterocycles. The average Bonchev–Trinajstić information content (AvgIpc) is 2.03. The third-order valence-electron chi connectivity index (χ3n) is 1.38. The predicted octanol–water partition coefficient (Wildman–Crippen LogP) is 2.77. The smallest absolute Gasteiger partial charge is 0.266 e. The molecule has 0 aliphatic rings. The van der Waals surface area contributed by atoms with Gasteiger partial charge in [-0.05, 0) is 28.7 Å². The van der Waals surface area contributed by atoms with Gasteiger partial charge in [0.2, 0.25) is 0 Å². The standard InChI is InChI=1S/C7H5F3INO/c1-13-4-2-3(5(8)9)7(11)12-6(4)10/h2,5H,1H3. The summed E-state index contributed by atoms with van der Waals surface area (Å²) in [6.07, 6.45) is -2.67. The molecule has 72 valence electrons. The van der Waals surface area contributed by atoms with Gasteiger partial charge in [0.1, 0.15) is 3.70 Å². The van der Waals surface area contributed by atoms with Crippen molar-refractivity contribution in [2.75, 3.05) is 7.11 Å². The van der Waals surface area contributed by atoms with Gasteiger partial charge in [0.25, 0.3) is 12.4 Å². The second kappa shape index (κ2) is 4.12. The fraction of sp³-hybridized carbons (Fsp3) is 0.286. The van der Waals surface area contributed by atoms with E-state index in [2.05, 4.69) is 9.72 Å². The van der Waals surface area contributed by atoms with Gasteiger partial charge in [-0.2, -0.15) is 4.39 Å². The summed E-state index contributed by atoms with van der Waals surface area (Å²) >= 11 is 1.55. The van der Waals surface area contributed by atoms with Gasteiger partial charge in [-0.3, -0.25) is 0 Å². The highest BCUT2D eigenvalue weighted by molar-refractivity contribution is 14.1. The molecule has 2 nitrogen and oxygen atoms in total. The molecule has 13 heavy (non-hydrogen) atoms. The molecule has 0 unspecified atom stereocenters. The third kappa shape index (κ3) is 2.23. The first-order valence-corrected chi connectivity index (χ1v) is 4.32. The minimum atomic E-state index is -2.67. The fourth-order valence-corrected chi connectivity index (χ4v) is 1.37. The van der Waals surface area contributed by atoms with Crippen LogP contribution in [0, 0.1) is 9.65 Å². The number of nitrogens with zero attached hydrogens (tertiary/aromatic N) is 1. The molecule has 1 heterocycles. The van der Waals surface area contributed by atoms with Crippen LogP contribution < -0.4 is 4.74 Å². The van der Waals surface area contributed by atoms with Gasteiger partial charge in [-0.15, -0.1) is 0 Å². The SMILES string of the molecule is COc1cc(C(F)F)c(I)nc1F. The molecular weight excluding hydrogens is 298 g/mol. The highest BCUT2D eigenvalue weighted by Crippen LogP contribution is 2.27. The number of methoxy groups -OCH3 is 1. The summed E-state index contributed by atoms with van der Waals surface area (Å²) in [4.78, 5) is 3.28. The molecule has 0 aliphatic heterocycles. The molecule has 0 amide bonds. The first kappa shape index (κ1) is 10.6. The van der Waals surface area contributed by atoms with E-state index in [1.165, 1.54) is 7.11 Å². The molecule has 0 aliphatic carbocycles. The minimum Gasteiger partial charge on any atom is -0.492 e. The Bertz CT molecular complexity index is 319. The molecule has 0 bridgehead atoms. The van der Waals surface area contributed by atoms with Gasteiger partial charge < -0.3 is 4.74 Å². The molecule has 1 aromatic rings. The highest BCUT2D eigenvalue weighted by atomic mass is 127. The molecule has 1 rings (SSSR count). The van der Waals surface area contributed by atoms with Gasteiger partial charge in [-0.25, -0.2) is 13.8 Å². The Kier molecular flexibility index (Phi) is 3.34. The van der Waals surface area contributed by atoms with Gasteiger partial charge in [0.15, 0.2) is 5.75 Å². The summed E-state index contributed by atoms with van der Waals surface area (Å²) in [6.45, 7) is 0. The lowest BCUT2D eigenvalue weighted by atomic mass is 10.3. The maximum absolute atomic E-state index is 12.8. The lowest BCUT2D eigenvalue weighted by Crippen LogP contribution is -1.99. The van der Waals surface area contributed by atoms with Crippen LogP contribution in [-0.2, 0) is 0 Å². The van der Waals surface area contributed by atoms with Gasteiger partial charge in [-0.1, -0.05) is 0 Å². The molecule has 0 aromatic carbocycles. The summed E-state index contributed by atoms with van der Waals surface area (Å²) in [5, 5.41) is 0. The Hall–Kier alpha value is -0.530. The number of halogens is 4. The van der Waals surface area contributed by atoms with Crippen molar-refractivity contribution in [2.24, 2.45) is 0 Å². The van der Waals surface area contributed by atoms with E-state index in [0.717, 1.165) is 6.07 Å². The van der Waals surface area contributed by atoms with E-state index in [1.807, 2.05) is 0 Å². The van der Waals surface area contributed by atoms with Crippen molar-refractivity contribution in [2.45, 2.75) is 6.43 Å². The zero-order chi connectivity index (χ0) is 10.0. The van der Waals surface area contributed by atoms with Crippen molar-refractivity contribution >= 4 is 22.6 Å². The van der Waals surface area contributed by atoms with Crippen LogP contribution in [0.1, 0.15) is 12.0 Å². The van der Waals surface area contributed by atoms with E-state index in [9.17, 15) is 13.2 Å². The summed E-state index contributed by atoms with van der Waals surface area (Å²) < 4.78 is 41.8. The number of aromatic nitrogens is 1. The van der Waals surface area contributed by atoms with Gasteiger partial charge in [0.05, 0.1) is 12.7 Å². The summed E-state index contributed by atoms with van der Waals surface area (Å²) in [5.74, 6) is -1.15. The number of rotatable bonds is 2. The largest absolute Gasteiger partial charge is 0.492 e. The number of alkyl halides is 2. The second-order valence-electron chi connectivity index (χ2n) is 2.16. The Labute approximate surface area is 86.3 Å². The van der Waals surface area contributed by atoms with Crippen LogP contribution in [0.3, 0.4) is 0 Å². The van der Waals surface area contributed by atoms with E-state index >= 15 is 0 Å². The normalized spacial score (nSPS) is 10.6. The monoisotopic (exact) mass is 303 g/mol. The van der Waals surface area contributed by atoms with Gasteiger partial charge >= 0.3 is 0 Å². The average molecular weight is 303 g/mol. The van der Waals surface area contributed by atoms with Crippen LogP contribution in [0.25, 0.3) is 0 Å². The molecule has 1 aromatic heterocycles. The van der Waals surface area contributed by atoms with Crippen LogP contribution in [0.15, 0.2) is 6.07 Å². The van der Waals surface area contributed by atoms with Crippen LogP contribution in [0.2, 0.25) is 0 Å². The third-order valence-corrected chi connectivity index (χ3v) is 2.24. The predicted molar refractivity (Wildman–Crippen MR) is 48.4 cm³/mol. The van der Waals surface area contributed by atoms with E-state index in [-0.39, 0.29) is 15.0 Å². The van der Waals surface area contributed by atoms with E-state index in [4.69, 9.17) is 0 Å². The maximum atomic E-state index is 12.8. The number of hydrogen-bond acceptors (Lipinski definition) is 2. The van der Waals surface area contributed by atoms with Crippen LogP contribution in [0.4, 0.5) is 13.2 Å². The molecule has 0 N–H and O–H groups in total. The lowest BCUT2D eigenvalue weighted by Gasteiger charge is -2.06. The summed E-state index contributed by atoms with van der Waals surface area (Å²) in [6, 6.07) is 0.953. The molecule has 6 heteroatoms. The quantitative estimate of drug-likeness (QED) is 0.619. The molecule has 0 spiro atoms. The van der Waals surface area contributed by atoms with Gasteiger partial charge in [0, 0.05) is 0 Å². The Morgan fingerprint density at radius 2 is 2.15 bits per heavy atom. The van der Waals surface area contributed by atoms with E-state index in [1.54, 1.807) is 22.6 Å². The zero-order valence-electron chi connectivity index (χ0n) is 6.52. The van der Waals surface area contributed by atoms with E-state index < -0.39 is 12.4 Å². The summed E-state index contributed by atoms with van der Waals surface area (Å²) in [5.41, 5.74) is -0.321. The fourth-order valence-electron chi connectivity index (χ4n) is 0.762. The van der Waals surface area contributed by atoms with Crippen molar-refractivity contribution in [1.29, 1.82) is 0 Å². The van der Waals surface area contributed by atoms with Crippen molar-refractivity contribution in [1.82, 2.24) is 4.98 Å². The van der Waals surface area contributed by atoms with Crippen molar-refractivity contribution in [3.05, 3.63) is 21.3 Å².